The topological polar surface area (TPSA) is 15.6 Å². The predicted molar refractivity (Wildman–Crippen MR) is 79.3 cm³/mol. The van der Waals surface area contributed by atoms with Crippen molar-refractivity contribution in [2.24, 2.45) is 4.99 Å². The molecule has 3 heterocycles. The smallest absolute Gasteiger partial charge is 0.167 e. The highest BCUT2D eigenvalue weighted by Gasteiger charge is 2.48. The van der Waals surface area contributed by atoms with Gasteiger partial charge in [-0.05, 0) is 42.2 Å². The monoisotopic (exact) mass is 276 g/mol. The van der Waals surface area contributed by atoms with Crippen LogP contribution >= 0.6 is 23.1 Å². The summed E-state index contributed by atoms with van der Waals surface area (Å²) in [5.74, 6) is 0. The summed E-state index contributed by atoms with van der Waals surface area (Å²) in [7, 11) is 0. The van der Waals surface area contributed by atoms with Crippen molar-refractivity contribution in [2.75, 3.05) is 13.1 Å². The molecule has 1 aliphatic carbocycles. The number of thioether (sulfide) groups is 1. The van der Waals surface area contributed by atoms with E-state index in [2.05, 4.69) is 33.7 Å². The zero-order valence-electron chi connectivity index (χ0n) is 10.5. The summed E-state index contributed by atoms with van der Waals surface area (Å²) in [6, 6.07) is 2.39. The van der Waals surface area contributed by atoms with Crippen LogP contribution < -0.4 is 0 Å². The Kier molecular flexibility index (Phi) is 2.39. The van der Waals surface area contributed by atoms with Gasteiger partial charge in [-0.25, -0.2) is 0 Å². The summed E-state index contributed by atoms with van der Waals surface area (Å²) in [6.07, 6.45) is 3.98. The van der Waals surface area contributed by atoms with Crippen molar-refractivity contribution in [1.82, 2.24) is 4.90 Å². The van der Waals surface area contributed by atoms with E-state index in [-0.39, 0.29) is 0 Å². The van der Waals surface area contributed by atoms with Gasteiger partial charge < -0.3 is 4.90 Å². The Morgan fingerprint density at radius 3 is 2.94 bits per heavy atom. The van der Waals surface area contributed by atoms with Gasteiger partial charge in [0.15, 0.2) is 5.17 Å². The zero-order valence-corrected chi connectivity index (χ0v) is 12.1. The third-order valence-corrected chi connectivity index (χ3v) is 6.42. The number of thiophene rings is 1. The SMILES string of the molecule is Cc1csc(C2(C3=CSC4=NCCN34)CCC2)c1. The van der Waals surface area contributed by atoms with Crippen molar-refractivity contribution >= 4 is 28.3 Å². The van der Waals surface area contributed by atoms with Crippen LogP contribution in [0.2, 0.25) is 0 Å². The number of aryl methyl sites for hydroxylation is 1. The maximum Gasteiger partial charge on any atom is 0.167 e. The minimum Gasteiger partial charge on any atom is -0.321 e. The summed E-state index contributed by atoms with van der Waals surface area (Å²) < 4.78 is 0. The summed E-state index contributed by atoms with van der Waals surface area (Å²) in [4.78, 5) is 8.59. The molecule has 0 aromatic carbocycles. The standard InChI is InChI=1S/C14H16N2S2/c1-10-7-12(17-8-10)14(3-2-4-14)11-9-18-13-15-5-6-16(11)13/h7-9H,2-6H2,1H3. The summed E-state index contributed by atoms with van der Waals surface area (Å²) in [5.41, 5.74) is 3.24. The Hall–Kier alpha value is -0.740. The minimum absolute atomic E-state index is 0.313. The fraction of sp³-hybridized carbons (Fsp3) is 0.500. The maximum atomic E-state index is 4.58. The first kappa shape index (κ1) is 11.1. The van der Waals surface area contributed by atoms with Crippen LogP contribution in [0.1, 0.15) is 29.7 Å². The molecule has 0 amide bonds. The molecule has 2 nitrogen and oxygen atoms in total. The molecule has 3 aliphatic rings. The highest BCUT2D eigenvalue weighted by molar-refractivity contribution is 8.16. The number of allylic oxidation sites excluding steroid dienone is 1. The number of hydrogen-bond donors (Lipinski definition) is 0. The van der Waals surface area contributed by atoms with Crippen LogP contribution in [0.25, 0.3) is 0 Å². The number of fused-ring (bicyclic) bond motifs is 1. The van der Waals surface area contributed by atoms with Gasteiger partial charge in [-0.1, -0.05) is 18.2 Å². The van der Waals surface area contributed by atoms with Gasteiger partial charge in [-0.2, -0.15) is 0 Å². The first-order chi connectivity index (χ1) is 8.79. The lowest BCUT2D eigenvalue weighted by Crippen LogP contribution is -2.42. The second-order valence-corrected chi connectivity index (χ2v) is 7.11. The first-order valence-corrected chi connectivity index (χ1v) is 8.30. The lowest BCUT2D eigenvalue weighted by atomic mass is 9.65. The molecule has 1 fully saturated rings. The van der Waals surface area contributed by atoms with E-state index in [0.717, 1.165) is 13.1 Å². The molecule has 1 aromatic heterocycles. The number of rotatable bonds is 2. The van der Waals surface area contributed by atoms with Gasteiger partial charge in [0.05, 0.1) is 6.54 Å². The van der Waals surface area contributed by atoms with Crippen LogP contribution in [0.5, 0.6) is 0 Å². The molecule has 4 rings (SSSR count). The van der Waals surface area contributed by atoms with Crippen molar-refractivity contribution in [1.29, 1.82) is 0 Å². The molecule has 0 saturated heterocycles. The van der Waals surface area contributed by atoms with E-state index in [4.69, 9.17) is 0 Å². The second-order valence-electron chi connectivity index (χ2n) is 5.36. The van der Waals surface area contributed by atoms with Gasteiger partial charge >= 0.3 is 0 Å². The van der Waals surface area contributed by atoms with Crippen LogP contribution in [-0.4, -0.2) is 23.2 Å². The predicted octanol–water partition coefficient (Wildman–Crippen LogP) is 3.74. The Morgan fingerprint density at radius 1 is 1.39 bits per heavy atom. The minimum atomic E-state index is 0.313. The van der Waals surface area contributed by atoms with Gasteiger partial charge in [-0.15, -0.1) is 11.3 Å². The Morgan fingerprint density at radius 2 is 2.28 bits per heavy atom. The van der Waals surface area contributed by atoms with Gasteiger partial charge in [0.1, 0.15) is 0 Å². The normalized spacial score (nSPS) is 24.6. The molecule has 0 radical (unpaired) electrons. The molecule has 0 unspecified atom stereocenters. The third kappa shape index (κ3) is 1.39. The van der Waals surface area contributed by atoms with Gasteiger partial charge in [-0.3, -0.25) is 4.99 Å². The Balaban J connectivity index is 1.75. The molecule has 0 atom stereocenters. The number of aliphatic imine (C=N–C) groups is 1. The molecule has 0 spiro atoms. The number of nitrogens with zero attached hydrogens (tertiary/aromatic N) is 2. The molecular weight excluding hydrogens is 260 g/mol. The average molecular weight is 276 g/mol. The largest absolute Gasteiger partial charge is 0.321 e. The van der Waals surface area contributed by atoms with Crippen LogP contribution in [-0.2, 0) is 5.41 Å². The molecule has 0 bridgehead atoms. The van der Waals surface area contributed by atoms with Gasteiger partial charge in [0.2, 0.25) is 0 Å². The second kappa shape index (κ2) is 3.87. The van der Waals surface area contributed by atoms with E-state index < -0.39 is 0 Å². The lowest BCUT2D eigenvalue weighted by molar-refractivity contribution is 0.257. The molecule has 1 saturated carbocycles. The Bertz CT molecular complexity index is 552. The fourth-order valence-corrected chi connectivity index (χ4v) is 5.36. The van der Waals surface area contributed by atoms with Crippen LogP contribution in [0.15, 0.2) is 27.5 Å². The van der Waals surface area contributed by atoms with Crippen molar-refractivity contribution < 1.29 is 0 Å². The maximum absolute atomic E-state index is 4.58. The lowest BCUT2D eigenvalue weighted by Gasteiger charge is -2.44. The van der Waals surface area contributed by atoms with E-state index in [1.165, 1.54) is 35.7 Å². The van der Waals surface area contributed by atoms with Crippen LogP contribution in [0.4, 0.5) is 0 Å². The highest BCUT2D eigenvalue weighted by Crippen LogP contribution is 2.54. The quantitative estimate of drug-likeness (QED) is 0.818. The van der Waals surface area contributed by atoms with E-state index in [9.17, 15) is 0 Å². The van der Waals surface area contributed by atoms with E-state index in [1.54, 1.807) is 4.88 Å². The summed E-state index contributed by atoms with van der Waals surface area (Å²) >= 11 is 3.75. The van der Waals surface area contributed by atoms with E-state index in [1.807, 2.05) is 23.1 Å². The highest BCUT2D eigenvalue weighted by atomic mass is 32.2. The molecular formula is C14H16N2S2. The molecule has 0 N–H and O–H groups in total. The first-order valence-electron chi connectivity index (χ1n) is 6.54. The molecule has 4 heteroatoms. The van der Waals surface area contributed by atoms with Gasteiger partial charge in [0.25, 0.3) is 0 Å². The molecule has 2 aliphatic heterocycles. The number of hydrogen-bond acceptors (Lipinski definition) is 4. The third-order valence-electron chi connectivity index (χ3n) is 4.27. The van der Waals surface area contributed by atoms with Crippen molar-refractivity contribution in [3.63, 3.8) is 0 Å². The fourth-order valence-electron chi connectivity index (χ4n) is 3.14. The molecule has 1 aromatic rings. The van der Waals surface area contributed by atoms with E-state index in [0.29, 0.717) is 5.41 Å². The Labute approximate surface area is 116 Å². The average Bonchev–Trinajstić information content (AvgIpc) is 2.94. The van der Waals surface area contributed by atoms with Crippen molar-refractivity contribution in [2.45, 2.75) is 31.6 Å². The summed E-state index contributed by atoms with van der Waals surface area (Å²) in [6.45, 7) is 4.26. The van der Waals surface area contributed by atoms with Gasteiger partial charge in [0, 0.05) is 22.5 Å². The molecule has 94 valence electrons. The van der Waals surface area contributed by atoms with Crippen molar-refractivity contribution in [3.05, 3.63) is 33.0 Å². The zero-order chi connectivity index (χ0) is 12.2. The van der Waals surface area contributed by atoms with Crippen molar-refractivity contribution in [3.8, 4) is 0 Å². The number of amidine groups is 1. The molecule has 18 heavy (non-hydrogen) atoms. The van der Waals surface area contributed by atoms with Crippen LogP contribution in [0.3, 0.4) is 0 Å². The van der Waals surface area contributed by atoms with Crippen LogP contribution in [0, 0.1) is 6.92 Å². The summed E-state index contributed by atoms with van der Waals surface area (Å²) in [5, 5.41) is 5.87. The van der Waals surface area contributed by atoms with E-state index >= 15 is 0 Å².